The molecule has 1 fully saturated rings. The Hall–Kier alpha value is -1.88. The molecule has 1 spiro atoms. The number of carbonyl (C=O) groups excluding carboxylic acids is 2. The molecule has 0 bridgehead atoms. The fourth-order valence-electron chi connectivity index (χ4n) is 3.05. The molecule has 2 aliphatic rings. The first-order valence-electron chi connectivity index (χ1n) is 7.25. The number of carbonyl (C=O) groups is 2. The first-order chi connectivity index (χ1) is 10.1. The van der Waals surface area contributed by atoms with Gasteiger partial charge < -0.3 is 14.8 Å². The minimum atomic E-state index is -0.348. The van der Waals surface area contributed by atoms with E-state index in [-0.39, 0.29) is 23.8 Å². The van der Waals surface area contributed by atoms with Gasteiger partial charge in [-0.15, -0.1) is 0 Å². The van der Waals surface area contributed by atoms with Gasteiger partial charge in [0.25, 0.3) is 0 Å². The van der Waals surface area contributed by atoms with Gasteiger partial charge in [0, 0.05) is 12.8 Å². The van der Waals surface area contributed by atoms with E-state index in [1.54, 1.807) is 12.1 Å². The van der Waals surface area contributed by atoms with E-state index in [2.05, 4.69) is 10.1 Å². The topological polar surface area (TPSA) is 64.6 Å². The average Bonchev–Trinajstić information content (AvgIpc) is 2.48. The maximum Gasteiger partial charge on any atom is 0.309 e. The molecule has 5 heteroatoms. The molecule has 0 amide bonds. The highest BCUT2D eigenvalue weighted by molar-refractivity contribution is 6.00. The first kappa shape index (κ1) is 14.1. The van der Waals surface area contributed by atoms with Crippen molar-refractivity contribution in [1.29, 1.82) is 0 Å². The highest BCUT2D eigenvalue weighted by atomic mass is 16.5. The number of Topliss-reactive ketones (excluding diaryl/α,β-unsaturated/α-hetero) is 1. The molecule has 0 atom stereocenters. The third-order valence-corrected chi connectivity index (χ3v) is 4.24. The lowest BCUT2D eigenvalue weighted by atomic mass is 9.82. The smallest absolute Gasteiger partial charge is 0.309 e. The van der Waals surface area contributed by atoms with E-state index in [0.717, 1.165) is 31.5 Å². The van der Waals surface area contributed by atoms with Crippen LogP contribution in [0.3, 0.4) is 0 Å². The van der Waals surface area contributed by atoms with Crippen LogP contribution in [0.2, 0.25) is 0 Å². The van der Waals surface area contributed by atoms with Crippen molar-refractivity contribution in [2.75, 3.05) is 20.2 Å². The number of nitrogens with one attached hydrogen (secondary N) is 1. The largest absolute Gasteiger partial charge is 0.486 e. The minimum absolute atomic E-state index is 0.102. The van der Waals surface area contributed by atoms with Crippen LogP contribution in [0.1, 0.15) is 35.2 Å². The number of hydrogen-bond acceptors (Lipinski definition) is 5. The maximum atomic E-state index is 12.4. The standard InChI is InChI=1S/C16H19NO4/c1-20-15(19)9-11-2-3-14-12(8-11)13(18)10-16(21-14)4-6-17-7-5-16/h2-3,8,17H,4-7,9-10H2,1H3. The lowest BCUT2D eigenvalue weighted by molar-refractivity contribution is -0.139. The predicted octanol–water partition coefficient (Wildman–Crippen LogP) is 1.49. The molecule has 1 aromatic rings. The number of methoxy groups -OCH3 is 1. The molecular weight excluding hydrogens is 270 g/mol. The molecule has 1 aromatic carbocycles. The van der Waals surface area contributed by atoms with Gasteiger partial charge in [-0.05, 0) is 30.8 Å². The van der Waals surface area contributed by atoms with Gasteiger partial charge in [-0.1, -0.05) is 6.07 Å². The summed E-state index contributed by atoms with van der Waals surface area (Å²) in [5.74, 6) is 0.431. The maximum absolute atomic E-state index is 12.4. The lowest BCUT2D eigenvalue weighted by Gasteiger charge is -2.40. The van der Waals surface area contributed by atoms with Crippen molar-refractivity contribution in [3.8, 4) is 5.75 Å². The zero-order valence-corrected chi connectivity index (χ0v) is 12.1. The van der Waals surface area contributed by atoms with Crippen LogP contribution in [0.15, 0.2) is 18.2 Å². The van der Waals surface area contributed by atoms with Crippen LogP contribution in [-0.2, 0) is 16.0 Å². The first-order valence-corrected chi connectivity index (χ1v) is 7.25. The Kier molecular flexibility index (Phi) is 3.68. The van der Waals surface area contributed by atoms with Crippen molar-refractivity contribution < 1.29 is 19.1 Å². The summed E-state index contributed by atoms with van der Waals surface area (Å²) in [4.78, 5) is 23.8. The molecule has 0 aromatic heterocycles. The molecule has 1 saturated heterocycles. The third kappa shape index (κ3) is 2.78. The van der Waals surface area contributed by atoms with Crippen LogP contribution in [0, 0.1) is 0 Å². The molecule has 0 saturated carbocycles. The van der Waals surface area contributed by atoms with Gasteiger partial charge in [0.2, 0.25) is 0 Å². The van der Waals surface area contributed by atoms with E-state index in [0.29, 0.717) is 17.7 Å². The second kappa shape index (κ2) is 5.48. The minimum Gasteiger partial charge on any atom is -0.486 e. The van der Waals surface area contributed by atoms with Gasteiger partial charge in [0.05, 0.1) is 25.5 Å². The van der Waals surface area contributed by atoms with Crippen LogP contribution in [0.5, 0.6) is 5.75 Å². The van der Waals surface area contributed by atoms with Gasteiger partial charge in [0.1, 0.15) is 11.4 Å². The Morgan fingerprint density at radius 1 is 1.38 bits per heavy atom. The van der Waals surface area contributed by atoms with E-state index in [1.807, 2.05) is 6.07 Å². The molecule has 21 heavy (non-hydrogen) atoms. The number of hydrogen-bond donors (Lipinski definition) is 1. The van der Waals surface area contributed by atoms with Crippen LogP contribution in [0.4, 0.5) is 0 Å². The van der Waals surface area contributed by atoms with E-state index in [9.17, 15) is 9.59 Å². The van der Waals surface area contributed by atoms with E-state index in [4.69, 9.17) is 4.74 Å². The summed E-state index contributed by atoms with van der Waals surface area (Å²) in [6.45, 7) is 1.76. The molecule has 0 aliphatic carbocycles. The van der Waals surface area contributed by atoms with Gasteiger partial charge in [-0.25, -0.2) is 0 Å². The Balaban J connectivity index is 1.85. The summed E-state index contributed by atoms with van der Waals surface area (Å²) in [7, 11) is 1.36. The van der Waals surface area contributed by atoms with Crippen LogP contribution >= 0.6 is 0 Å². The third-order valence-electron chi connectivity index (χ3n) is 4.24. The van der Waals surface area contributed by atoms with Gasteiger partial charge in [0.15, 0.2) is 5.78 Å². The Morgan fingerprint density at radius 3 is 2.86 bits per heavy atom. The van der Waals surface area contributed by atoms with E-state index < -0.39 is 0 Å². The Bertz CT molecular complexity index is 576. The van der Waals surface area contributed by atoms with Crippen LogP contribution in [-0.4, -0.2) is 37.6 Å². The summed E-state index contributed by atoms with van der Waals surface area (Å²) in [6, 6.07) is 5.38. The summed E-state index contributed by atoms with van der Waals surface area (Å²) in [6.07, 6.45) is 2.29. The number of piperidine rings is 1. The lowest BCUT2D eigenvalue weighted by Crippen LogP contribution is -2.49. The highest BCUT2D eigenvalue weighted by Crippen LogP contribution is 2.38. The molecule has 0 unspecified atom stereocenters. The SMILES string of the molecule is COC(=O)Cc1ccc2c(c1)C(=O)CC1(CCNCC1)O2. The summed E-state index contributed by atoms with van der Waals surface area (Å²) in [5, 5.41) is 3.29. The van der Waals surface area contributed by atoms with E-state index in [1.165, 1.54) is 7.11 Å². The number of ether oxygens (including phenoxy) is 2. The number of ketones is 1. The summed E-state index contributed by atoms with van der Waals surface area (Å²) < 4.78 is 10.8. The molecule has 5 nitrogen and oxygen atoms in total. The molecule has 3 rings (SSSR count). The quantitative estimate of drug-likeness (QED) is 0.836. The zero-order chi connectivity index (χ0) is 14.9. The molecule has 2 heterocycles. The Morgan fingerprint density at radius 2 is 2.14 bits per heavy atom. The number of rotatable bonds is 2. The summed E-state index contributed by atoms with van der Waals surface area (Å²) >= 11 is 0. The second-order valence-corrected chi connectivity index (χ2v) is 5.72. The van der Waals surface area contributed by atoms with Crippen LogP contribution < -0.4 is 10.1 Å². The number of benzene rings is 1. The predicted molar refractivity (Wildman–Crippen MR) is 76.6 cm³/mol. The fourth-order valence-corrected chi connectivity index (χ4v) is 3.05. The van der Waals surface area contributed by atoms with Crippen molar-refractivity contribution in [3.05, 3.63) is 29.3 Å². The number of esters is 1. The molecular formula is C16H19NO4. The molecule has 112 valence electrons. The molecule has 0 radical (unpaired) electrons. The fraction of sp³-hybridized carbons (Fsp3) is 0.500. The van der Waals surface area contributed by atoms with Crippen molar-refractivity contribution in [3.63, 3.8) is 0 Å². The average molecular weight is 289 g/mol. The van der Waals surface area contributed by atoms with Crippen molar-refractivity contribution >= 4 is 11.8 Å². The molecule has 1 N–H and O–H groups in total. The van der Waals surface area contributed by atoms with E-state index >= 15 is 0 Å². The normalized spacial score (nSPS) is 19.8. The molecule has 2 aliphatic heterocycles. The second-order valence-electron chi connectivity index (χ2n) is 5.72. The monoisotopic (exact) mass is 289 g/mol. The zero-order valence-electron chi connectivity index (χ0n) is 12.1. The van der Waals surface area contributed by atoms with Gasteiger partial charge in [-0.2, -0.15) is 0 Å². The van der Waals surface area contributed by atoms with Gasteiger partial charge in [-0.3, -0.25) is 9.59 Å². The van der Waals surface area contributed by atoms with Crippen molar-refractivity contribution in [2.45, 2.75) is 31.3 Å². The Labute approximate surface area is 123 Å². The highest BCUT2D eigenvalue weighted by Gasteiger charge is 2.41. The van der Waals surface area contributed by atoms with Gasteiger partial charge >= 0.3 is 5.97 Å². The van der Waals surface area contributed by atoms with Crippen molar-refractivity contribution in [1.82, 2.24) is 5.32 Å². The number of fused-ring (bicyclic) bond motifs is 1. The summed E-state index contributed by atoms with van der Waals surface area (Å²) in [5.41, 5.74) is 1.01. The van der Waals surface area contributed by atoms with Crippen molar-refractivity contribution in [2.24, 2.45) is 0 Å². The van der Waals surface area contributed by atoms with Crippen LogP contribution in [0.25, 0.3) is 0 Å².